The Labute approximate surface area is 163 Å². The number of amides is 3. The molecule has 2 aromatic rings. The van der Waals surface area contributed by atoms with Crippen molar-refractivity contribution in [3.8, 4) is 0 Å². The number of nitrogens with one attached hydrogen (secondary N) is 1. The van der Waals surface area contributed by atoms with Gasteiger partial charge in [0.25, 0.3) is 5.91 Å². The van der Waals surface area contributed by atoms with Crippen LogP contribution in [0.5, 0.6) is 0 Å². The smallest absolute Gasteiger partial charge is 0.255 e. The van der Waals surface area contributed by atoms with Crippen molar-refractivity contribution >= 4 is 29.1 Å². The average Bonchev–Trinajstić information content (AvgIpc) is 3.38. The SMILES string of the molecule is Cc1ccc(NC(=O)c2ccc(N3C(=O)[C@@H]4[C@@H](C3=O)[C@H]3C=C[C@H]4C3)cc2)cc1. The van der Waals surface area contributed by atoms with Crippen LogP contribution in [0.15, 0.2) is 60.7 Å². The van der Waals surface area contributed by atoms with Gasteiger partial charge < -0.3 is 5.32 Å². The molecular weight excluding hydrogens is 352 g/mol. The molecule has 28 heavy (non-hydrogen) atoms. The second-order valence-electron chi connectivity index (χ2n) is 7.88. The topological polar surface area (TPSA) is 66.5 Å². The van der Waals surface area contributed by atoms with Crippen LogP contribution in [0.25, 0.3) is 0 Å². The number of allylic oxidation sites excluding steroid dienone is 2. The van der Waals surface area contributed by atoms with Gasteiger partial charge in [0.15, 0.2) is 0 Å². The summed E-state index contributed by atoms with van der Waals surface area (Å²) in [5.41, 5.74) is 2.86. The molecule has 1 saturated heterocycles. The Kier molecular flexibility index (Phi) is 3.72. The number of hydrogen-bond donors (Lipinski definition) is 1. The standard InChI is InChI=1S/C23H20N2O3/c1-13-2-8-17(9-3-13)24-21(26)14-6-10-18(11-7-14)25-22(27)19-15-4-5-16(12-15)20(19)23(25)28/h2-11,15-16,19-20H,12H2,1H3,(H,24,26)/t15-,16-,19-,20-/m0/s1. The molecule has 2 bridgehead atoms. The zero-order chi connectivity index (χ0) is 19.4. The highest BCUT2D eigenvalue weighted by molar-refractivity contribution is 6.23. The number of carbonyl (C=O) groups excluding carboxylic acids is 3. The van der Waals surface area contributed by atoms with Gasteiger partial charge in [-0.05, 0) is 61.6 Å². The lowest BCUT2D eigenvalue weighted by molar-refractivity contribution is -0.123. The van der Waals surface area contributed by atoms with Crippen molar-refractivity contribution in [3.63, 3.8) is 0 Å². The van der Waals surface area contributed by atoms with E-state index in [1.54, 1.807) is 24.3 Å². The number of hydrogen-bond acceptors (Lipinski definition) is 3. The normalized spacial score (nSPS) is 27.4. The third kappa shape index (κ3) is 2.50. The zero-order valence-electron chi connectivity index (χ0n) is 15.5. The number of rotatable bonds is 3. The molecule has 1 saturated carbocycles. The highest BCUT2D eigenvalue weighted by Crippen LogP contribution is 2.53. The van der Waals surface area contributed by atoms with Gasteiger partial charge in [-0.3, -0.25) is 19.3 Å². The van der Waals surface area contributed by atoms with Crippen LogP contribution < -0.4 is 10.2 Å². The number of nitrogens with zero attached hydrogens (tertiary/aromatic N) is 1. The van der Waals surface area contributed by atoms with Gasteiger partial charge in [-0.1, -0.05) is 29.8 Å². The highest BCUT2D eigenvalue weighted by Gasteiger charge is 2.59. The second-order valence-corrected chi connectivity index (χ2v) is 7.88. The first-order valence-electron chi connectivity index (χ1n) is 9.57. The second kappa shape index (κ2) is 6.16. The third-order valence-corrected chi connectivity index (χ3v) is 6.17. The molecule has 2 aromatic carbocycles. The molecule has 1 heterocycles. The summed E-state index contributed by atoms with van der Waals surface area (Å²) in [6.07, 6.45) is 5.08. The number of carbonyl (C=O) groups is 3. The van der Waals surface area contributed by atoms with E-state index in [1.165, 1.54) is 4.90 Å². The maximum Gasteiger partial charge on any atom is 0.255 e. The summed E-state index contributed by atoms with van der Waals surface area (Å²) >= 11 is 0. The van der Waals surface area contributed by atoms with E-state index >= 15 is 0 Å². The highest BCUT2D eigenvalue weighted by atomic mass is 16.2. The van der Waals surface area contributed by atoms with Crippen LogP contribution in [0.3, 0.4) is 0 Å². The Hall–Kier alpha value is -3.21. The summed E-state index contributed by atoms with van der Waals surface area (Å²) in [6, 6.07) is 14.2. The molecule has 5 heteroatoms. The zero-order valence-corrected chi connectivity index (χ0v) is 15.5. The summed E-state index contributed by atoms with van der Waals surface area (Å²) in [4.78, 5) is 39.5. The summed E-state index contributed by atoms with van der Waals surface area (Å²) < 4.78 is 0. The van der Waals surface area contributed by atoms with Gasteiger partial charge in [-0.15, -0.1) is 0 Å². The molecule has 140 valence electrons. The van der Waals surface area contributed by atoms with E-state index < -0.39 is 0 Å². The van der Waals surface area contributed by atoms with Crippen LogP contribution in [0.2, 0.25) is 0 Å². The van der Waals surface area contributed by atoms with E-state index in [0.717, 1.165) is 17.7 Å². The third-order valence-electron chi connectivity index (χ3n) is 6.17. The number of imide groups is 1. The van der Waals surface area contributed by atoms with Crippen LogP contribution in [-0.2, 0) is 9.59 Å². The lowest BCUT2D eigenvalue weighted by atomic mass is 9.85. The summed E-state index contributed by atoms with van der Waals surface area (Å²) in [7, 11) is 0. The van der Waals surface area contributed by atoms with Crippen molar-refractivity contribution in [1.29, 1.82) is 0 Å². The Morgan fingerprint density at radius 2 is 1.46 bits per heavy atom. The van der Waals surface area contributed by atoms with E-state index in [-0.39, 0.29) is 41.4 Å². The predicted molar refractivity (Wildman–Crippen MR) is 106 cm³/mol. The van der Waals surface area contributed by atoms with Gasteiger partial charge in [0.2, 0.25) is 11.8 Å². The number of fused-ring (bicyclic) bond motifs is 5. The lowest BCUT2D eigenvalue weighted by Crippen LogP contribution is -2.32. The molecular formula is C23H20N2O3. The minimum Gasteiger partial charge on any atom is -0.322 e. The number of anilines is 2. The maximum atomic E-state index is 12.9. The molecule has 2 fully saturated rings. The summed E-state index contributed by atoms with van der Waals surface area (Å²) in [5.74, 6) is -0.493. The molecule has 5 nitrogen and oxygen atoms in total. The number of benzene rings is 2. The largest absolute Gasteiger partial charge is 0.322 e. The molecule has 1 aliphatic heterocycles. The maximum absolute atomic E-state index is 12.9. The van der Waals surface area contributed by atoms with E-state index in [9.17, 15) is 14.4 Å². The van der Waals surface area contributed by atoms with Gasteiger partial charge in [0.1, 0.15) is 0 Å². The fraction of sp³-hybridized carbons (Fsp3) is 0.261. The molecule has 0 spiro atoms. The van der Waals surface area contributed by atoms with Crippen molar-refractivity contribution in [2.45, 2.75) is 13.3 Å². The minimum absolute atomic E-state index is 0.108. The predicted octanol–water partition coefficient (Wildman–Crippen LogP) is 3.56. The molecule has 1 N–H and O–H groups in total. The Balaban J connectivity index is 1.34. The van der Waals surface area contributed by atoms with Crippen molar-refractivity contribution in [3.05, 3.63) is 71.8 Å². The van der Waals surface area contributed by atoms with Crippen LogP contribution >= 0.6 is 0 Å². The summed E-state index contributed by atoms with van der Waals surface area (Å²) in [6.45, 7) is 1.99. The molecule has 3 aliphatic rings. The first kappa shape index (κ1) is 16.9. The molecule has 3 amide bonds. The Morgan fingerprint density at radius 1 is 0.893 bits per heavy atom. The monoisotopic (exact) mass is 372 g/mol. The molecule has 0 aromatic heterocycles. The number of aryl methyl sites for hydroxylation is 1. The molecule has 2 aliphatic carbocycles. The van der Waals surface area contributed by atoms with E-state index in [1.807, 2.05) is 31.2 Å². The lowest BCUT2D eigenvalue weighted by Gasteiger charge is -2.17. The fourth-order valence-electron chi connectivity index (χ4n) is 4.76. The van der Waals surface area contributed by atoms with Crippen LogP contribution in [0, 0.1) is 30.6 Å². The average molecular weight is 372 g/mol. The van der Waals surface area contributed by atoms with E-state index in [2.05, 4.69) is 17.5 Å². The van der Waals surface area contributed by atoms with Gasteiger partial charge in [-0.2, -0.15) is 0 Å². The Morgan fingerprint density at radius 3 is 2.04 bits per heavy atom. The molecule has 5 rings (SSSR count). The van der Waals surface area contributed by atoms with Crippen LogP contribution in [-0.4, -0.2) is 17.7 Å². The van der Waals surface area contributed by atoms with Crippen LogP contribution in [0.4, 0.5) is 11.4 Å². The fourth-order valence-corrected chi connectivity index (χ4v) is 4.76. The van der Waals surface area contributed by atoms with E-state index in [4.69, 9.17) is 0 Å². The molecule has 0 radical (unpaired) electrons. The summed E-state index contributed by atoms with van der Waals surface area (Å²) in [5, 5.41) is 2.85. The van der Waals surface area contributed by atoms with Gasteiger partial charge in [0.05, 0.1) is 17.5 Å². The Bertz CT molecular complexity index is 977. The van der Waals surface area contributed by atoms with Crippen molar-refractivity contribution in [2.75, 3.05) is 10.2 Å². The van der Waals surface area contributed by atoms with Gasteiger partial charge >= 0.3 is 0 Å². The first-order valence-corrected chi connectivity index (χ1v) is 9.57. The molecule has 4 atom stereocenters. The van der Waals surface area contributed by atoms with E-state index in [0.29, 0.717) is 11.3 Å². The van der Waals surface area contributed by atoms with Crippen molar-refractivity contribution in [2.24, 2.45) is 23.7 Å². The quantitative estimate of drug-likeness (QED) is 0.662. The van der Waals surface area contributed by atoms with Gasteiger partial charge in [0, 0.05) is 11.3 Å². The van der Waals surface area contributed by atoms with Crippen molar-refractivity contribution < 1.29 is 14.4 Å². The van der Waals surface area contributed by atoms with Crippen molar-refractivity contribution in [1.82, 2.24) is 0 Å². The van der Waals surface area contributed by atoms with Gasteiger partial charge in [-0.25, -0.2) is 0 Å². The van der Waals surface area contributed by atoms with Crippen LogP contribution in [0.1, 0.15) is 22.3 Å². The first-order chi connectivity index (χ1) is 13.5. The molecule has 0 unspecified atom stereocenters. The minimum atomic E-state index is -0.228.